The van der Waals surface area contributed by atoms with Crippen LogP contribution in [0.25, 0.3) is 0 Å². The standard InChI is InChI=1S/C5H3Br2N3O/c6-3-1-8-5(9-2-11)4(7)10-3/h1-2H,(H,8,9,11). The summed E-state index contributed by atoms with van der Waals surface area (Å²) in [5.74, 6) is 0.406. The van der Waals surface area contributed by atoms with E-state index >= 15 is 0 Å². The van der Waals surface area contributed by atoms with E-state index in [1.165, 1.54) is 6.20 Å². The second kappa shape index (κ2) is 3.77. The molecule has 0 saturated heterocycles. The first-order valence-electron chi connectivity index (χ1n) is 2.62. The van der Waals surface area contributed by atoms with Crippen LogP contribution >= 0.6 is 31.9 Å². The summed E-state index contributed by atoms with van der Waals surface area (Å²) >= 11 is 6.25. The van der Waals surface area contributed by atoms with E-state index in [1.807, 2.05) is 0 Å². The molecule has 0 radical (unpaired) electrons. The van der Waals surface area contributed by atoms with E-state index in [9.17, 15) is 4.79 Å². The smallest absolute Gasteiger partial charge is 0.212 e. The van der Waals surface area contributed by atoms with Crippen molar-refractivity contribution in [2.24, 2.45) is 0 Å². The minimum Gasteiger partial charge on any atom is -0.311 e. The molecule has 0 unspecified atom stereocenters. The molecule has 1 rings (SSSR count). The molecular weight excluding hydrogens is 278 g/mol. The summed E-state index contributed by atoms with van der Waals surface area (Å²) in [7, 11) is 0. The van der Waals surface area contributed by atoms with Crippen LogP contribution in [0.4, 0.5) is 5.82 Å². The molecule has 0 spiro atoms. The fourth-order valence-corrected chi connectivity index (χ4v) is 1.42. The number of carbonyl (C=O) groups is 1. The number of rotatable bonds is 2. The van der Waals surface area contributed by atoms with Crippen LogP contribution in [0.1, 0.15) is 0 Å². The van der Waals surface area contributed by atoms with Crippen molar-refractivity contribution in [1.82, 2.24) is 9.97 Å². The second-order valence-electron chi connectivity index (χ2n) is 1.59. The molecule has 58 valence electrons. The fraction of sp³-hybridized carbons (Fsp3) is 0. The lowest BCUT2D eigenvalue weighted by atomic mass is 10.7. The van der Waals surface area contributed by atoms with Gasteiger partial charge in [0.15, 0.2) is 5.82 Å². The topological polar surface area (TPSA) is 54.9 Å². The number of carbonyl (C=O) groups excluding carboxylic acids is 1. The highest BCUT2D eigenvalue weighted by Crippen LogP contribution is 2.18. The first-order valence-corrected chi connectivity index (χ1v) is 4.21. The molecule has 6 heteroatoms. The first-order chi connectivity index (χ1) is 5.24. The van der Waals surface area contributed by atoms with Gasteiger partial charge in [0.25, 0.3) is 0 Å². The van der Waals surface area contributed by atoms with Gasteiger partial charge in [0.2, 0.25) is 6.41 Å². The van der Waals surface area contributed by atoms with Crippen molar-refractivity contribution in [1.29, 1.82) is 0 Å². The highest BCUT2D eigenvalue weighted by molar-refractivity contribution is 9.11. The zero-order valence-electron chi connectivity index (χ0n) is 5.21. The van der Waals surface area contributed by atoms with Crippen LogP contribution in [0, 0.1) is 0 Å². The van der Waals surface area contributed by atoms with Gasteiger partial charge in [0.05, 0.1) is 6.20 Å². The normalized spacial score (nSPS) is 9.27. The van der Waals surface area contributed by atoms with E-state index in [0.717, 1.165) is 0 Å². The molecule has 1 heterocycles. The molecule has 1 aromatic rings. The van der Waals surface area contributed by atoms with Gasteiger partial charge in [-0.3, -0.25) is 4.79 Å². The molecule has 0 aliphatic heterocycles. The number of nitrogens with one attached hydrogen (secondary N) is 1. The molecule has 0 aliphatic carbocycles. The molecule has 1 aromatic heterocycles. The number of amides is 1. The average Bonchev–Trinajstić information content (AvgIpc) is 1.95. The van der Waals surface area contributed by atoms with Crippen molar-refractivity contribution in [2.45, 2.75) is 0 Å². The summed E-state index contributed by atoms with van der Waals surface area (Å²) < 4.78 is 1.11. The minimum atomic E-state index is 0.406. The summed E-state index contributed by atoms with van der Waals surface area (Å²) in [6.07, 6.45) is 2.04. The summed E-state index contributed by atoms with van der Waals surface area (Å²) in [5, 5.41) is 2.38. The molecule has 4 nitrogen and oxygen atoms in total. The van der Waals surface area contributed by atoms with Gasteiger partial charge in [0, 0.05) is 0 Å². The number of anilines is 1. The maximum absolute atomic E-state index is 10.00. The molecular formula is C5H3Br2N3O. The number of halogens is 2. The van der Waals surface area contributed by atoms with E-state index in [0.29, 0.717) is 21.4 Å². The summed E-state index contributed by atoms with van der Waals surface area (Å²) in [6, 6.07) is 0. The van der Waals surface area contributed by atoms with Crippen molar-refractivity contribution < 1.29 is 4.79 Å². The second-order valence-corrected chi connectivity index (χ2v) is 3.16. The molecule has 0 fully saturated rings. The lowest BCUT2D eigenvalue weighted by Crippen LogP contribution is -1.98. The minimum absolute atomic E-state index is 0.406. The van der Waals surface area contributed by atoms with Gasteiger partial charge >= 0.3 is 0 Å². The molecule has 0 saturated carbocycles. The van der Waals surface area contributed by atoms with Gasteiger partial charge in [-0.25, -0.2) is 9.97 Å². The Morgan fingerprint density at radius 2 is 2.27 bits per heavy atom. The van der Waals surface area contributed by atoms with E-state index in [1.54, 1.807) is 0 Å². The Morgan fingerprint density at radius 3 is 2.82 bits per heavy atom. The van der Waals surface area contributed by atoms with Crippen LogP contribution in [0.15, 0.2) is 15.4 Å². The Balaban J connectivity index is 2.98. The lowest BCUT2D eigenvalue weighted by Gasteiger charge is -1.98. The largest absolute Gasteiger partial charge is 0.311 e. The molecule has 0 aromatic carbocycles. The van der Waals surface area contributed by atoms with Gasteiger partial charge < -0.3 is 5.32 Å². The third-order valence-corrected chi connectivity index (χ3v) is 1.83. The van der Waals surface area contributed by atoms with E-state index in [2.05, 4.69) is 47.1 Å². The quantitative estimate of drug-likeness (QED) is 0.837. The van der Waals surface area contributed by atoms with Crippen molar-refractivity contribution in [3.63, 3.8) is 0 Å². The zero-order valence-corrected chi connectivity index (χ0v) is 8.39. The van der Waals surface area contributed by atoms with Crippen LogP contribution in [-0.4, -0.2) is 16.4 Å². The monoisotopic (exact) mass is 279 g/mol. The number of hydrogen-bond acceptors (Lipinski definition) is 3. The molecule has 1 amide bonds. The molecule has 0 bridgehead atoms. The summed E-state index contributed by atoms with van der Waals surface area (Å²) in [6.45, 7) is 0. The Hall–Kier alpha value is -0.490. The van der Waals surface area contributed by atoms with E-state index in [-0.39, 0.29) is 0 Å². The van der Waals surface area contributed by atoms with Crippen LogP contribution in [0.3, 0.4) is 0 Å². The Labute approximate surface area is 79.7 Å². The maximum atomic E-state index is 10.00. The third-order valence-electron chi connectivity index (χ3n) is 0.896. The van der Waals surface area contributed by atoms with Gasteiger partial charge in [-0.15, -0.1) is 0 Å². The van der Waals surface area contributed by atoms with E-state index in [4.69, 9.17) is 0 Å². The van der Waals surface area contributed by atoms with Gasteiger partial charge in [-0.2, -0.15) is 0 Å². The molecule has 0 atom stereocenters. The summed E-state index contributed by atoms with van der Waals surface area (Å²) in [5.41, 5.74) is 0. The predicted octanol–water partition coefficient (Wildman–Crippen LogP) is 1.57. The van der Waals surface area contributed by atoms with E-state index < -0.39 is 0 Å². The lowest BCUT2D eigenvalue weighted by molar-refractivity contribution is -0.105. The van der Waals surface area contributed by atoms with Gasteiger partial charge in [-0.05, 0) is 31.9 Å². The number of nitrogens with zero attached hydrogens (tertiary/aromatic N) is 2. The predicted molar refractivity (Wildman–Crippen MR) is 47.1 cm³/mol. The highest BCUT2D eigenvalue weighted by Gasteiger charge is 2.00. The molecule has 0 aliphatic rings. The van der Waals surface area contributed by atoms with Crippen LogP contribution in [-0.2, 0) is 4.79 Å². The van der Waals surface area contributed by atoms with Crippen LogP contribution in [0.5, 0.6) is 0 Å². The van der Waals surface area contributed by atoms with Crippen LogP contribution < -0.4 is 5.32 Å². The van der Waals surface area contributed by atoms with Crippen molar-refractivity contribution in [3.05, 3.63) is 15.4 Å². The third kappa shape index (κ3) is 2.23. The average molecular weight is 281 g/mol. The number of hydrogen-bond donors (Lipinski definition) is 1. The highest BCUT2D eigenvalue weighted by atomic mass is 79.9. The van der Waals surface area contributed by atoms with Crippen molar-refractivity contribution in [2.75, 3.05) is 5.32 Å². The Kier molecular flexibility index (Phi) is 2.95. The maximum Gasteiger partial charge on any atom is 0.212 e. The molecule has 11 heavy (non-hydrogen) atoms. The Bertz CT molecular complexity index is 278. The summed E-state index contributed by atoms with van der Waals surface area (Å²) in [4.78, 5) is 17.8. The fourth-order valence-electron chi connectivity index (χ4n) is 0.499. The van der Waals surface area contributed by atoms with Gasteiger partial charge in [0.1, 0.15) is 9.21 Å². The SMILES string of the molecule is O=CNc1ncc(Br)nc1Br. The number of aromatic nitrogens is 2. The first kappa shape index (κ1) is 8.61. The Morgan fingerprint density at radius 1 is 1.55 bits per heavy atom. The molecule has 1 N–H and O–H groups in total. The van der Waals surface area contributed by atoms with Crippen molar-refractivity contribution in [3.8, 4) is 0 Å². The van der Waals surface area contributed by atoms with Gasteiger partial charge in [-0.1, -0.05) is 0 Å². The zero-order chi connectivity index (χ0) is 8.27. The van der Waals surface area contributed by atoms with Crippen molar-refractivity contribution >= 4 is 44.1 Å². The van der Waals surface area contributed by atoms with Crippen LogP contribution in [0.2, 0.25) is 0 Å².